The molecule has 4 bridgehead atoms. The number of nitrogens with one attached hydrogen (secondary N) is 4. The smallest absolute Gasteiger partial charge is 0.319 e. The molecule has 1 saturated heterocycles. The first-order valence-electron chi connectivity index (χ1n) is 12.4. The Labute approximate surface area is 218 Å². The fraction of sp³-hybridized carbons (Fsp3) is 0.667. The maximum Gasteiger partial charge on any atom is 0.319 e. The molecule has 5 fully saturated rings. The molecule has 1 heterocycles. The summed E-state index contributed by atoms with van der Waals surface area (Å²) in [7, 11) is -3.84. The lowest BCUT2D eigenvalue weighted by molar-refractivity contribution is -0.131. The lowest BCUT2D eigenvalue weighted by atomic mass is 9.44. The molecule has 200 valence electrons. The van der Waals surface area contributed by atoms with Gasteiger partial charge in [-0.3, -0.25) is 4.79 Å². The van der Waals surface area contributed by atoms with Crippen LogP contribution in [-0.4, -0.2) is 59.2 Å². The van der Waals surface area contributed by atoms with Crippen molar-refractivity contribution in [2.45, 2.75) is 49.5 Å². The second-order valence-corrected chi connectivity index (χ2v) is 12.7. The van der Waals surface area contributed by atoms with Crippen LogP contribution in [0.25, 0.3) is 0 Å². The van der Waals surface area contributed by atoms with Crippen molar-refractivity contribution in [2.75, 3.05) is 38.2 Å². The number of amides is 3. The zero-order chi connectivity index (χ0) is 24.7. The van der Waals surface area contributed by atoms with Gasteiger partial charge in [0.1, 0.15) is 6.04 Å². The van der Waals surface area contributed by atoms with Gasteiger partial charge in [0.2, 0.25) is 15.9 Å². The molecule has 36 heavy (non-hydrogen) atoms. The van der Waals surface area contributed by atoms with E-state index in [1.165, 1.54) is 18.6 Å². The Hall–Kier alpha value is -1.92. The Bertz CT molecular complexity index is 1080. The van der Waals surface area contributed by atoms with Crippen molar-refractivity contribution in [2.24, 2.45) is 27.8 Å². The number of hydrogen-bond acceptors (Lipinski definition) is 6. The topological polar surface area (TPSA) is 152 Å². The van der Waals surface area contributed by atoms with E-state index in [4.69, 9.17) is 9.88 Å². The molecule has 3 amide bonds. The van der Waals surface area contributed by atoms with Crippen molar-refractivity contribution in [1.82, 2.24) is 16.0 Å². The first kappa shape index (κ1) is 27.1. The minimum Gasteiger partial charge on any atom is -0.378 e. The van der Waals surface area contributed by atoms with Crippen LogP contribution in [0.1, 0.15) is 38.5 Å². The zero-order valence-corrected chi connectivity index (χ0v) is 21.9. The van der Waals surface area contributed by atoms with E-state index in [0.29, 0.717) is 50.4 Å². The van der Waals surface area contributed by atoms with Crippen LogP contribution in [0.15, 0.2) is 29.2 Å². The van der Waals surface area contributed by atoms with Crippen LogP contribution in [0.3, 0.4) is 0 Å². The molecule has 4 aliphatic carbocycles. The van der Waals surface area contributed by atoms with E-state index in [-0.39, 0.29) is 46.1 Å². The summed E-state index contributed by atoms with van der Waals surface area (Å²) in [6.45, 7) is 2.97. The number of morpholine rings is 1. The lowest BCUT2D eigenvalue weighted by Crippen LogP contribution is -2.60. The second kappa shape index (κ2) is 10.4. The minimum atomic E-state index is -3.84. The summed E-state index contributed by atoms with van der Waals surface area (Å²) in [5.74, 6) is 1.26. The molecule has 0 radical (unpaired) electrons. The second-order valence-electron chi connectivity index (χ2n) is 11.1. The third-order valence-electron chi connectivity index (χ3n) is 8.22. The van der Waals surface area contributed by atoms with Crippen LogP contribution in [-0.2, 0) is 19.6 Å². The molecule has 12 heteroatoms. The molecule has 0 aromatic heterocycles. The highest BCUT2D eigenvalue weighted by Crippen LogP contribution is 2.64. The molecule has 3 atom stereocenters. The number of sulfonamides is 1. The number of benzene rings is 1. The first-order valence-corrected chi connectivity index (χ1v) is 14.0. The Balaban J connectivity index is 0.00000304. The fourth-order valence-corrected chi connectivity index (χ4v) is 7.95. The van der Waals surface area contributed by atoms with Crippen molar-refractivity contribution >= 4 is 40.1 Å². The van der Waals surface area contributed by atoms with E-state index >= 15 is 0 Å². The Morgan fingerprint density at radius 1 is 1.08 bits per heavy atom. The van der Waals surface area contributed by atoms with Gasteiger partial charge in [-0.1, -0.05) is 6.07 Å². The van der Waals surface area contributed by atoms with Gasteiger partial charge in [-0.15, -0.1) is 12.4 Å². The van der Waals surface area contributed by atoms with Gasteiger partial charge in [-0.2, -0.15) is 0 Å². The van der Waals surface area contributed by atoms with Gasteiger partial charge in [0.15, 0.2) is 0 Å². The van der Waals surface area contributed by atoms with Crippen molar-refractivity contribution in [3.8, 4) is 0 Å². The summed E-state index contributed by atoms with van der Waals surface area (Å²) >= 11 is 0. The number of primary sulfonamides is 1. The molecule has 1 aromatic rings. The highest BCUT2D eigenvalue weighted by atomic mass is 35.5. The largest absolute Gasteiger partial charge is 0.378 e. The molecular weight excluding hydrogens is 506 g/mol. The molecule has 6 N–H and O–H groups in total. The fourth-order valence-electron chi connectivity index (χ4n) is 7.39. The van der Waals surface area contributed by atoms with E-state index in [9.17, 15) is 18.0 Å². The number of carbonyl (C=O) groups excluding carboxylic acids is 2. The van der Waals surface area contributed by atoms with Crippen LogP contribution in [0.2, 0.25) is 0 Å². The number of anilines is 1. The van der Waals surface area contributed by atoms with Gasteiger partial charge >= 0.3 is 6.03 Å². The molecule has 0 spiro atoms. The van der Waals surface area contributed by atoms with Crippen LogP contribution in [0, 0.1) is 22.7 Å². The average Bonchev–Trinajstić information content (AvgIpc) is 2.81. The van der Waals surface area contributed by atoms with Crippen molar-refractivity contribution in [3.05, 3.63) is 24.3 Å². The van der Waals surface area contributed by atoms with Crippen LogP contribution < -0.4 is 26.4 Å². The van der Waals surface area contributed by atoms with Gasteiger partial charge < -0.3 is 26.0 Å². The van der Waals surface area contributed by atoms with Crippen molar-refractivity contribution < 1.29 is 22.7 Å². The zero-order valence-electron chi connectivity index (χ0n) is 20.3. The highest BCUT2D eigenvalue weighted by molar-refractivity contribution is 7.89. The van der Waals surface area contributed by atoms with Gasteiger partial charge in [0, 0.05) is 25.3 Å². The molecule has 5 aliphatic rings. The molecule has 1 aliphatic heterocycles. The molecule has 2 unspecified atom stereocenters. The average molecular weight is 542 g/mol. The van der Waals surface area contributed by atoms with Gasteiger partial charge in [-0.25, -0.2) is 18.4 Å². The van der Waals surface area contributed by atoms with E-state index in [2.05, 4.69) is 21.3 Å². The molecule has 10 nitrogen and oxygen atoms in total. The number of hydrogen-bond donors (Lipinski definition) is 5. The van der Waals surface area contributed by atoms with Gasteiger partial charge in [0.05, 0.1) is 18.1 Å². The van der Waals surface area contributed by atoms with E-state index in [1.807, 2.05) is 0 Å². The van der Waals surface area contributed by atoms with Crippen molar-refractivity contribution in [3.63, 3.8) is 0 Å². The quantitative estimate of drug-likeness (QED) is 0.353. The van der Waals surface area contributed by atoms with E-state index in [0.717, 1.165) is 32.1 Å². The van der Waals surface area contributed by atoms with Crippen LogP contribution in [0.4, 0.5) is 10.5 Å². The third kappa shape index (κ3) is 5.96. The standard InChI is InChI=1S/C24H35N5O5S.ClH/c25-35(32,33)19-3-1-2-18(7-19)29-22(31)28-15-24-10-16-6-17(11-24)9-23(8-16,13-24)14-27-21(30)20-12-34-5-4-26-20;/h1-3,7,16-17,20,26H,4-6,8-15H2,(H,27,30)(H2,25,32,33)(H2,28,29,31);1H/t16?,17?,20-,23?,24?;/m1./s1. The summed E-state index contributed by atoms with van der Waals surface area (Å²) in [6.07, 6.45) is 6.68. The lowest BCUT2D eigenvalue weighted by Gasteiger charge is -2.62. The summed E-state index contributed by atoms with van der Waals surface area (Å²) in [5.41, 5.74) is 0.483. The highest BCUT2D eigenvalue weighted by Gasteiger charge is 2.57. The predicted molar refractivity (Wildman–Crippen MR) is 137 cm³/mol. The Kier molecular flexibility index (Phi) is 7.87. The summed E-state index contributed by atoms with van der Waals surface area (Å²) in [6, 6.07) is 5.26. The van der Waals surface area contributed by atoms with Gasteiger partial charge in [0.25, 0.3) is 0 Å². The number of nitrogens with two attached hydrogens (primary N) is 1. The molecule has 6 rings (SSSR count). The summed E-state index contributed by atoms with van der Waals surface area (Å²) in [4.78, 5) is 25.3. The number of ether oxygens (including phenoxy) is 1. The maximum absolute atomic E-state index is 12.7. The Morgan fingerprint density at radius 3 is 2.36 bits per heavy atom. The summed E-state index contributed by atoms with van der Waals surface area (Å²) in [5, 5.41) is 17.4. The number of halogens is 1. The minimum absolute atomic E-state index is 0. The van der Waals surface area contributed by atoms with Gasteiger partial charge in [-0.05, 0) is 79.4 Å². The number of urea groups is 1. The third-order valence-corrected chi connectivity index (χ3v) is 9.13. The number of rotatable bonds is 7. The van der Waals surface area contributed by atoms with E-state index < -0.39 is 10.0 Å². The SMILES string of the molecule is Cl.NS(=O)(=O)c1cccc(NC(=O)NCC23CC4CC(C2)CC(CNC(=O)[C@H]2COCCN2)(C4)C3)c1. The molecular formula is C24H36ClN5O5S. The summed E-state index contributed by atoms with van der Waals surface area (Å²) < 4.78 is 28.6. The Morgan fingerprint density at radius 2 is 1.75 bits per heavy atom. The monoisotopic (exact) mass is 541 g/mol. The predicted octanol–water partition coefficient (Wildman–Crippen LogP) is 1.57. The first-order chi connectivity index (χ1) is 16.6. The van der Waals surface area contributed by atoms with Crippen molar-refractivity contribution in [1.29, 1.82) is 0 Å². The molecule has 4 saturated carbocycles. The van der Waals surface area contributed by atoms with Crippen LogP contribution >= 0.6 is 12.4 Å². The van der Waals surface area contributed by atoms with E-state index in [1.54, 1.807) is 12.1 Å². The molecule has 1 aromatic carbocycles. The normalized spacial score (nSPS) is 32.9. The maximum atomic E-state index is 12.7. The van der Waals surface area contributed by atoms with Crippen LogP contribution in [0.5, 0.6) is 0 Å². The number of carbonyl (C=O) groups is 2.